The van der Waals surface area contributed by atoms with Crippen LogP contribution in [0.2, 0.25) is 10.0 Å². The predicted molar refractivity (Wildman–Crippen MR) is 162 cm³/mol. The molecule has 0 saturated carbocycles. The van der Waals surface area contributed by atoms with Crippen LogP contribution in [0.5, 0.6) is 0 Å². The average Bonchev–Trinajstić information content (AvgIpc) is 3.40. The largest absolute Gasteiger partial charge is 0.358 e. The molecule has 0 aliphatic carbocycles. The van der Waals surface area contributed by atoms with Gasteiger partial charge in [-0.2, -0.15) is 0 Å². The first-order valence-corrected chi connectivity index (χ1v) is 15.6. The number of aromatic amines is 1. The Morgan fingerprint density at radius 2 is 1.86 bits per heavy atom. The van der Waals surface area contributed by atoms with Gasteiger partial charge in [-0.1, -0.05) is 29.3 Å². The van der Waals surface area contributed by atoms with E-state index in [9.17, 15) is 22.8 Å². The van der Waals surface area contributed by atoms with Gasteiger partial charge in [-0.15, -0.1) is 0 Å². The quantitative estimate of drug-likeness (QED) is 0.281. The van der Waals surface area contributed by atoms with Crippen molar-refractivity contribution in [3.05, 3.63) is 80.1 Å². The fourth-order valence-electron chi connectivity index (χ4n) is 5.15. The number of benzene rings is 2. The highest BCUT2D eigenvalue weighted by molar-refractivity contribution is 7.90. The summed E-state index contributed by atoms with van der Waals surface area (Å²) in [6.07, 6.45) is 1.62. The number of sulfone groups is 1. The summed E-state index contributed by atoms with van der Waals surface area (Å²) in [7, 11) is -3.86. The molecule has 2 aliphatic rings. The highest BCUT2D eigenvalue weighted by Gasteiger charge is 2.29. The van der Waals surface area contributed by atoms with Gasteiger partial charge in [-0.3, -0.25) is 19.3 Å². The number of halogens is 2. The minimum absolute atomic E-state index is 0.0188. The molecule has 1 saturated heterocycles. The van der Waals surface area contributed by atoms with Crippen molar-refractivity contribution in [1.29, 1.82) is 0 Å². The summed E-state index contributed by atoms with van der Waals surface area (Å²) in [4.78, 5) is 42.7. The van der Waals surface area contributed by atoms with Crippen LogP contribution < -0.4 is 16.0 Å². The van der Waals surface area contributed by atoms with Gasteiger partial charge in [0.25, 0.3) is 11.8 Å². The van der Waals surface area contributed by atoms with Crippen molar-refractivity contribution in [2.24, 2.45) is 0 Å². The Balaban J connectivity index is 1.38. The lowest BCUT2D eigenvalue weighted by atomic mass is 10.0. The minimum atomic E-state index is -3.86. The molecule has 3 heterocycles. The van der Waals surface area contributed by atoms with Crippen molar-refractivity contribution in [1.82, 2.24) is 20.5 Å². The first kappa shape index (κ1) is 29.8. The second kappa shape index (κ2) is 11.9. The van der Waals surface area contributed by atoms with Gasteiger partial charge in [0.05, 0.1) is 28.3 Å². The van der Waals surface area contributed by atoms with Crippen molar-refractivity contribution < 1.29 is 22.8 Å². The molecule has 13 heteroatoms. The number of hydrogen-bond acceptors (Lipinski definition) is 6. The zero-order valence-electron chi connectivity index (χ0n) is 22.9. The van der Waals surface area contributed by atoms with Crippen molar-refractivity contribution in [3.63, 3.8) is 0 Å². The molecule has 0 atom stereocenters. The Kier molecular flexibility index (Phi) is 8.47. The number of nitrogens with one attached hydrogen (secondary N) is 4. The van der Waals surface area contributed by atoms with E-state index >= 15 is 0 Å². The van der Waals surface area contributed by atoms with Crippen LogP contribution in [0.15, 0.2) is 41.3 Å². The van der Waals surface area contributed by atoms with E-state index in [1.807, 2.05) is 4.90 Å². The highest BCUT2D eigenvalue weighted by Crippen LogP contribution is 2.37. The van der Waals surface area contributed by atoms with Crippen LogP contribution in [0.3, 0.4) is 0 Å². The molecule has 220 valence electrons. The van der Waals surface area contributed by atoms with Crippen LogP contribution in [0.1, 0.15) is 38.4 Å². The van der Waals surface area contributed by atoms with Gasteiger partial charge in [0.15, 0.2) is 9.84 Å². The molecular weight excluding hydrogens is 601 g/mol. The molecule has 10 nitrogen and oxygen atoms in total. The summed E-state index contributed by atoms with van der Waals surface area (Å²) in [5.74, 6) is -1.09. The molecule has 3 amide bonds. The van der Waals surface area contributed by atoms with Crippen molar-refractivity contribution in [2.45, 2.75) is 24.5 Å². The Morgan fingerprint density at radius 3 is 2.57 bits per heavy atom. The van der Waals surface area contributed by atoms with Gasteiger partial charge in [0.1, 0.15) is 0 Å². The Labute approximate surface area is 253 Å². The maximum Gasteiger partial charge on any atom is 0.256 e. The third-order valence-electron chi connectivity index (χ3n) is 7.35. The van der Waals surface area contributed by atoms with Crippen molar-refractivity contribution in [3.8, 4) is 0 Å². The summed E-state index contributed by atoms with van der Waals surface area (Å²) < 4.78 is 26.6. The van der Waals surface area contributed by atoms with Gasteiger partial charge >= 0.3 is 0 Å². The lowest BCUT2D eigenvalue weighted by molar-refractivity contribution is -0.124. The highest BCUT2D eigenvalue weighted by atomic mass is 35.5. The fourth-order valence-corrected chi connectivity index (χ4v) is 7.27. The first-order valence-electron chi connectivity index (χ1n) is 13.2. The second-order valence-electron chi connectivity index (χ2n) is 10.2. The molecular formula is C29H29Cl2N5O5S. The summed E-state index contributed by atoms with van der Waals surface area (Å²) in [5, 5.41) is 8.95. The summed E-state index contributed by atoms with van der Waals surface area (Å²) in [6, 6.07) is 9.24. The van der Waals surface area contributed by atoms with Gasteiger partial charge in [-0.25, -0.2) is 8.42 Å². The average molecular weight is 631 g/mol. The van der Waals surface area contributed by atoms with E-state index in [2.05, 4.69) is 20.9 Å². The number of aryl methyl sites for hydroxylation is 1. The number of carbonyl (C=O) groups excluding carboxylic acids is 3. The molecule has 1 aromatic heterocycles. The number of carbonyl (C=O) groups is 3. The number of hydrogen-bond donors (Lipinski definition) is 4. The van der Waals surface area contributed by atoms with Crippen LogP contribution in [0, 0.1) is 13.8 Å². The SMILES string of the molecule is Cc1[nH]c(/C=C2\C(=O)Nc3ccc(S(=O)(=O)Cc4c(Cl)cccc4Cl)cc32)c(C)c1C(=O)NCCN1CCNC(=O)C1. The number of fused-ring (bicyclic) bond motifs is 1. The Hall–Kier alpha value is -3.64. The number of rotatable bonds is 8. The van der Waals surface area contributed by atoms with Crippen LogP contribution in [0.25, 0.3) is 11.6 Å². The van der Waals surface area contributed by atoms with E-state index < -0.39 is 21.5 Å². The van der Waals surface area contributed by atoms with Crippen LogP contribution in [-0.2, 0) is 25.2 Å². The summed E-state index contributed by atoms with van der Waals surface area (Å²) in [5.41, 5.74) is 3.76. The maximum atomic E-state index is 13.3. The van der Waals surface area contributed by atoms with Crippen LogP contribution in [0.4, 0.5) is 5.69 Å². The topological polar surface area (TPSA) is 140 Å². The molecule has 0 unspecified atom stereocenters. The monoisotopic (exact) mass is 629 g/mol. The van der Waals surface area contributed by atoms with E-state index in [0.29, 0.717) is 65.5 Å². The number of H-pyrrole nitrogens is 1. The van der Waals surface area contributed by atoms with Gasteiger partial charge in [-0.05, 0) is 55.8 Å². The molecule has 0 radical (unpaired) electrons. The van der Waals surface area contributed by atoms with E-state index in [1.54, 1.807) is 44.2 Å². The van der Waals surface area contributed by atoms with Crippen molar-refractivity contribution in [2.75, 3.05) is 38.0 Å². The predicted octanol–water partition coefficient (Wildman–Crippen LogP) is 3.57. The number of anilines is 1. The van der Waals surface area contributed by atoms with E-state index in [1.165, 1.54) is 12.1 Å². The maximum absolute atomic E-state index is 13.3. The molecule has 1 fully saturated rings. The molecule has 42 heavy (non-hydrogen) atoms. The number of nitrogens with zero attached hydrogens (tertiary/aromatic N) is 1. The van der Waals surface area contributed by atoms with E-state index in [0.717, 1.165) is 6.54 Å². The first-order chi connectivity index (χ1) is 19.9. The lowest BCUT2D eigenvalue weighted by Gasteiger charge is -2.26. The Morgan fingerprint density at radius 1 is 1.12 bits per heavy atom. The Bertz CT molecular complexity index is 1730. The molecule has 2 aliphatic heterocycles. The fraction of sp³-hybridized carbons (Fsp3) is 0.276. The number of amides is 3. The molecule has 5 rings (SSSR count). The zero-order chi connectivity index (χ0) is 30.2. The molecule has 4 N–H and O–H groups in total. The number of piperazine rings is 1. The van der Waals surface area contributed by atoms with Gasteiger partial charge < -0.3 is 20.9 Å². The third-order valence-corrected chi connectivity index (χ3v) is 9.70. The van der Waals surface area contributed by atoms with E-state index in [-0.39, 0.29) is 32.3 Å². The second-order valence-corrected chi connectivity index (χ2v) is 13.0. The summed E-state index contributed by atoms with van der Waals surface area (Å²) in [6.45, 7) is 6.08. The summed E-state index contributed by atoms with van der Waals surface area (Å²) >= 11 is 12.4. The normalized spacial score (nSPS) is 16.3. The van der Waals surface area contributed by atoms with E-state index in [4.69, 9.17) is 23.2 Å². The lowest BCUT2D eigenvalue weighted by Crippen LogP contribution is -2.49. The number of aromatic nitrogens is 1. The molecule has 2 aromatic carbocycles. The van der Waals surface area contributed by atoms with Gasteiger partial charge in [0.2, 0.25) is 5.91 Å². The standard InChI is InChI=1S/C29H29Cl2N5O5S/c1-16-25(34-17(2)27(16)29(39)33-9-11-36-10-8-32-26(37)14-36)13-20-19-12-18(6-7-24(19)35-28(20)38)42(40,41)15-21-22(30)4-3-5-23(21)31/h3-7,12-13,34H,8-11,14-15H2,1-2H3,(H,32,37)(H,33,39)(H,35,38)/b20-13-. The van der Waals surface area contributed by atoms with Crippen LogP contribution >= 0.6 is 23.2 Å². The minimum Gasteiger partial charge on any atom is -0.358 e. The molecule has 3 aromatic rings. The van der Waals surface area contributed by atoms with Crippen LogP contribution in [-0.4, -0.2) is 68.7 Å². The van der Waals surface area contributed by atoms with Crippen molar-refractivity contribution >= 4 is 68.1 Å². The van der Waals surface area contributed by atoms with Gasteiger partial charge in [0, 0.05) is 64.4 Å². The molecule has 0 bridgehead atoms. The molecule has 0 spiro atoms. The zero-order valence-corrected chi connectivity index (χ0v) is 25.3. The third kappa shape index (κ3) is 6.10. The smallest absolute Gasteiger partial charge is 0.256 e.